The third-order valence-electron chi connectivity index (χ3n) is 3.35. The molecule has 0 bridgehead atoms. The Hall–Kier alpha value is -2.44. The van der Waals surface area contributed by atoms with Crippen LogP contribution in [0, 0.1) is 6.92 Å². The van der Waals surface area contributed by atoms with Crippen LogP contribution in [0.25, 0.3) is 0 Å². The van der Waals surface area contributed by atoms with Crippen LogP contribution in [0.15, 0.2) is 52.8 Å². The van der Waals surface area contributed by atoms with Crippen LogP contribution in [0.2, 0.25) is 5.02 Å². The predicted octanol–water partition coefficient (Wildman–Crippen LogP) is 3.57. The summed E-state index contributed by atoms with van der Waals surface area (Å²) in [6, 6.07) is 10.4. The molecule has 5 nitrogen and oxygen atoms in total. The van der Waals surface area contributed by atoms with Crippen molar-refractivity contribution in [1.82, 2.24) is 9.55 Å². The van der Waals surface area contributed by atoms with Gasteiger partial charge in [-0.25, -0.2) is 4.98 Å². The standard InChI is InChI=1S/C17H14ClN3O2S/c1-11-10-24-17(19-11)20-15(22)14-6-3-7-21(16(14)23)9-12-4-2-5-13(18)8-12/h2-8,10H,9H2,1H3,(H,19,20,22). The highest BCUT2D eigenvalue weighted by atomic mass is 35.5. The van der Waals surface area contributed by atoms with Crippen LogP contribution < -0.4 is 10.9 Å². The number of nitrogens with zero attached hydrogens (tertiary/aromatic N) is 2. The molecule has 0 aliphatic rings. The lowest BCUT2D eigenvalue weighted by Crippen LogP contribution is -2.29. The topological polar surface area (TPSA) is 64.0 Å². The fourth-order valence-electron chi connectivity index (χ4n) is 2.24. The van der Waals surface area contributed by atoms with Gasteiger partial charge in [-0.3, -0.25) is 14.9 Å². The molecule has 1 amide bonds. The molecule has 0 saturated carbocycles. The van der Waals surface area contributed by atoms with Crippen LogP contribution in [0.1, 0.15) is 21.6 Å². The molecule has 0 aliphatic heterocycles. The Labute approximate surface area is 147 Å². The zero-order chi connectivity index (χ0) is 17.1. The quantitative estimate of drug-likeness (QED) is 0.774. The molecule has 0 fully saturated rings. The number of pyridine rings is 1. The molecule has 2 heterocycles. The van der Waals surface area contributed by atoms with E-state index in [1.807, 2.05) is 24.4 Å². The second kappa shape index (κ2) is 6.98. The molecule has 1 aromatic carbocycles. The number of hydrogen-bond acceptors (Lipinski definition) is 4. The Morgan fingerprint density at radius 3 is 2.88 bits per heavy atom. The normalized spacial score (nSPS) is 10.6. The molecular weight excluding hydrogens is 346 g/mol. The number of rotatable bonds is 4. The molecular formula is C17H14ClN3O2S. The lowest BCUT2D eigenvalue weighted by atomic mass is 10.2. The Kier molecular flexibility index (Phi) is 4.78. The van der Waals surface area contributed by atoms with Gasteiger partial charge in [-0.15, -0.1) is 11.3 Å². The minimum absolute atomic E-state index is 0.0763. The van der Waals surface area contributed by atoms with Gasteiger partial charge in [0.2, 0.25) is 0 Å². The molecule has 0 radical (unpaired) electrons. The van der Waals surface area contributed by atoms with E-state index in [4.69, 9.17) is 11.6 Å². The van der Waals surface area contributed by atoms with Crippen molar-refractivity contribution >= 4 is 34.0 Å². The minimum atomic E-state index is -0.463. The summed E-state index contributed by atoms with van der Waals surface area (Å²) in [5.41, 5.74) is 1.43. The van der Waals surface area contributed by atoms with Gasteiger partial charge in [-0.05, 0) is 36.8 Å². The summed E-state index contributed by atoms with van der Waals surface area (Å²) < 4.78 is 1.48. The first-order chi connectivity index (χ1) is 11.5. The molecule has 122 valence electrons. The van der Waals surface area contributed by atoms with Gasteiger partial charge in [0.1, 0.15) is 5.56 Å². The first-order valence-electron chi connectivity index (χ1n) is 7.20. The minimum Gasteiger partial charge on any atom is -0.310 e. The van der Waals surface area contributed by atoms with Gasteiger partial charge in [-0.1, -0.05) is 23.7 Å². The zero-order valence-electron chi connectivity index (χ0n) is 12.8. The van der Waals surface area contributed by atoms with Crippen molar-refractivity contribution in [2.24, 2.45) is 0 Å². The molecule has 0 saturated heterocycles. The zero-order valence-corrected chi connectivity index (χ0v) is 14.4. The highest BCUT2D eigenvalue weighted by Gasteiger charge is 2.14. The van der Waals surface area contributed by atoms with Crippen LogP contribution in [0.5, 0.6) is 0 Å². The van der Waals surface area contributed by atoms with Crippen LogP contribution in [-0.2, 0) is 6.54 Å². The highest BCUT2D eigenvalue weighted by Crippen LogP contribution is 2.15. The van der Waals surface area contributed by atoms with E-state index >= 15 is 0 Å². The number of carbonyl (C=O) groups excluding carboxylic acids is 1. The predicted molar refractivity (Wildman–Crippen MR) is 96.1 cm³/mol. The van der Waals surface area contributed by atoms with Gasteiger partial charge in [0.05, 0.1) is 12.2 Å². The maximum absolute atomic E-state index is 12.5. The van der Waals surface area contributed by atoms with Gasteiger partial charge in [0.15, 0.2) is 5.13 Å². The molecule has 24 heavy (non-hydrogen) atoms. The number of benzene rings is 1. The Morgan fingerprint density at radius 2 is 2.17 bits per heavy atom. The Morgan fingerprint density at radius 1 is 1.33 bits per heavy atom. The number of carbonyl (C=O) groups is 1. The monoisotopic (exact) mass is 359 g/mol. The van der Waals surface area contributed by atoms with E-state index in [0.717, 1.165) is 11.3 Å². The third kappa shape index (κ3) is 3.72. The molecule has 3 rings (SSSR count). The van der Waals surface area contributed by atoms with Crippen LogP contribution >= 0.6 is 22.9 Å². The number of anilines is 1. The lowest BCUT2D eigenvalue weighted by Gasteiger charge is -2.08. The van der Waals surface area contributed by atoms with Crippen molar-refractivity contribution in [2.45, 2.75) is 13.5 Å². The lowest BCUT2D eigenvalue weighted by molar-refractivity contribution is 0.102. The van der Waals surface area contributed by atoms with E-state index in [2.05, 4.69) is 10.3 Å². The molecule has 1 N–H and O–H groups in total. The van der Waals surface area contributed by atoms with Crippen molar-refractivity contribution < 1.29 is 4.79 Å². The molecule has 0 unspecified atom stereocenters. The molecule has 2 aromatic heterocycles. The van der Waals surface area contributed by atoms with Gasteiger partial charge < -0.3 is 4.57 Å². The molecule has 0 aliphatic carbocycles. The second-order valence-corrected chi connectivity index (χ2v) is 6.53. The summed E-state index contributed by atoms with van der Waals surface area (Å²) in [6.45, 7) is 2.18. The van der Waals surface area contributed by atoms with E-state index in [9.17, 15) is 9.59 Å². The second-order valence-electron chi connectivity index (χ2n) is 5.23. The van der Waals surface area contributed by atoms with Gasteiger partial charge in [-0.2, -0.15) is 0 Å². The maximum Gasteiger partial charge on any atom is 0.263 e. The number of thiazole rings is 1. The number of aromatic nitrogens is 2. The number of halogens is 1. The molecule has 7 heteroatoms. The number of nitrogens with one attached hydrogen (secondary N) is 1. The average molecular weight is 360 g/mol. The van der Waals surface area contributed by atoms with Gasteiger partial charge >= 0.3 is 0 Å². The average Bonchev–Trinajstić information content (AvgIpc) is 2.94. The third-order valence-corrected chi connectivity index (χ3v) is 4.46. The maximum atomic E-state index is 12.5. The summed E-state index contributed by atoms with van der Waals surface area (Å²) in [5, 5.41) is 5.56. The van der Waals surface area contributed by atoms with Crippen LogP contribution in [0.3, 0.4) is 0 Å². The molecule has 0 atom stereocenters. The van der Waals surface area contributed by atoms with Gasteiger partial charge in [0.25, 0.3) is 11.5 Å². The Bertz CT molecular complexity index is 949. The summed E-state index contributed by atoms with van der Waals surface area (Å²) in [7, 11) is 0. The fourth-order valence-corrected chi connectivity index (χ4v) is 3.14. The van der Waals surface area contributed by atoms with E-state index in [0.29, 0.717) is 16.7 Å². The van der Waals surface area contributed by atoms with Crippen molar-refractivity contribution in [1.29, 1.82) is 0 Å². The summed E-state index contributed by atoms with van der Waals surface area (Å²) in [4.78, 5) is 29.0. The van der Waals surface area contributed by atoms with Crippen LogP contribution in [-0.4, -0.2) is 15.5 Å². The van der Waals surface area contributed by atoms with E-state index in [1.165, 1.54) is 22.0 Å². The summed E-state index contributed by atoms with van der Waals surface area (Å²) in [5.74, 6) is -0.463. The number of amides is 1. The van der Waals surface area contributed by atoms with Crippen molar-refractivity contribution in [3.05, 3.63) is 80.2 Å². The fraction of sp³-hybridized carbons (Fsp3) is 0.118. The molecule has 0 spiro atoms. The van der Waals surface area contributed by atoms with Crippen molar-refractivity contribution in [3.63, 3.8) is 0 Å². The van der Waals surface area contributed by atoms with E-state index in [1.54, 1.807) is 24.4 Å². The Balaban J connectivity index is 1.85. The van der Waals surface area contributed by atoms with E-state index < -0.39 is 5.91 Å². The summed E-state index contributed by atoms with van der Waals surface area (Å²) >= 11 is 7.29. The smallest absolute Gasteiger partial charge is 0.263 e. The van der Waals surface area contributed by atoms with E-state index in [-0.39, 0.29) is 11.1 Å². The van der Waals surface area contributed by atoms with Gasteiger partial charge in [0, 0.05) is 16.6 Å². The SMILES string of the molecule is Cc1csc(NC(=O)c2cccn(Cc3cccc(Cl)c3)c2=O)n1. The van der Waals surface area contributed by atoms with Crippen molar-refractivity contribution in [2.75, 3.05) is 5.32 Å². The first kappa shape index (κ1) is 16.4. The van der Waals surface area contributed by atoms with Crippen molar-refractivity contribution in [3.8, 4) is 0 Å². The van der Waals surface area contributed by atoms with Crippen LogP contribution in [0.4, 0.5) is 5.13 Å². The largest absolute Gasteiger partial charge is 0.310 e. The first-order valence-corrected chi connectivity index (χ1v) is 8.46. The number of aryl methyl sites for hydroxylation is 1. The highest BCUT2D eigenvalue weighted by molar-refractivity contribution is 7.13. The summed E-state index contributed by atoms with van der Waals surface area (Å²) in [6.07, 6.45) is 1.65. The molecule has 3 aromatic rings. The number of hydrogen-bond donors (Lipinski definition) is 1.